The van der Waals surface area contributed by atoms with Gasteiger partial charge in [-0.2, -0.15) is 0 Å². The molecule has 0 aliphatic rings. The number of amides is 4. The predicted octanol–water partition coefficient (Wildman–Crippen LogP) is -1.88. The number of carboxylic acids is 1. The zero-order valence-corrected chi connectivity index (χ0v) is 18.4. The van der Waals surface area contributed by atoms with Crippen LogP contribution >= 0.6 is 8.58 Å². The fourth-order valence-electron chi connectivity index (χ4n) is 2.02. The molecule has 0 fully saturated rings. The Bertz CT molecular complexity index is 617. The van der Waals surface area contributed by atoms with Crippen molar-refractivity contribution in [3.8, 4) is 0 Å². The first kappa shape index (κ1) is 26.7. The highest BCUT2D eigenvalue weighted by atomic mass is 31.1. The predicted molar refractivity (Wildman–Crippen MR) is 110 cm³/mol. The van der Waals surface area contributed by atoms with E-state index in [1.165, 1.54) is 27.7 Å². The summed E-state index contributed by atoms with van der Waals surface area (Å²) < 4.78 is 0. The second kappa shape index (κ2) is 13.1. The number of aliphatic carboxylic acids is 1. The third kappa shape index (κ3) is 10.2. The Morgan fingerprint density at radius 2 is 1.10 bits per heavy atom. The normalized spacial score (nSPS) is 16.2. The van der Waals surface area contributed by atoms with Crippen LogP contribution in [0.25, 0.3) is 0 Å². The van der Waals surface area contributed by atoms with Crippen LogP contribution in [0.3, 0.4) is 0 Å². The molecule has 4 amide bonds. The summed E-state index contributed by atoms with van der Waals surface area (Å²) in [6, 6.07) is -4.69. The largest absolute Gasteiger partial charge is 0.480 e. The average Bonchev–Trinajstić information content (AvgIpc) is 2.65. The zero-order valence-electron chi connectivity index (χ0n) is 17.4. The summed E-state index contributed by atoms with van der Waals surface area (Å²) >= 11 is 0. The van der Waals surface area contributed by atoms with Crippen molar-refractivity contribution in [1.82, 2.24) is 21.3 Å². The van der Waals surface area contributed by atoms with Crippen molar-refractivity contribution in [3.05, 3.63) is 0 Å². The SMILES string of the molecule is CPCCC(N)C(=O)N[C@@H](C)C(=O)N[C@@H](C)C(=O)N[C@@H](C)C(=O)N[C@@H](C)C(=O)O. The van der Waals surface area contributed by atoms with Gasteiger partial charge in [0.25, 0.3) is 0 Å². The lowest BCUT2D eigenvalue weighted by molar-refractivity contribution is -0.141. The summed E-state index contributed by atoms with van der Waals surface area (Å²) in [5.74, 6) is -3.54. The van der Waals surface area contributed by atoms with E-state index in [1.807, 2.05) is 6.66 Å². The highest BCUT2D eigenvalue weighted by molar-refractivity contribution is 7.36. The van der Waals surface area contributed by atoms with E-state index in [1.54, 1.807) is 0 Å². The monoisotopic (exact) mass is 433 g/mol. The number of hydrogen-bond donors (Lipinski definition) is 6. The van der Waals surface area contributed by atoms with Crippen LogP contribution in [0.1, 0.15) is 34.1 Å². The lowest BCUT2D eigenvalue weighted by Gasteiger charge is -2.21. The molecule has 0 aliphatic heterocycles. The van der Waals surface area contributed by atoms with E-state index >= 15 is 0 Å². The van der Waals surface area contributed by atoms with Gasteiger partial charge in [-0.05, 0) is 46.9 Å². The Hall–Kier alpha value is -2.26. The first-order chi connectivity index (χ1) is 13.4. The molecule has 2 unspecified atom stereocenters. The van der Waals surface area contributed by atoms with E-state index in [4.69, 9.17) is 10.8 Å². The molecular weight excluding hydrogens is 401 g/mol. The summed E-state index contributed by atoms with van der Waals surface area (Å²) in [6.07, 6.45) is 1.34. The van der Waals surface area contributed by atoms with Gasteiger partial charge in [0.15, 0.2) is 0 Å². The van der Waals surface area contributed by atoms with E-state index in [-0.39, 0.29) is 0 Å². The molecular formula is C17H32N5O6P. The summed E-state index contributed by atoms with van der Waals surface area (Å²) in [4.78, 5) is 58.9. The summed E-state index contributed by atoms with van der Waals surface area (Å²) in [5.41, 5.74) is 5.76. The zero-order chi connectivity index (χ0) is 22.7. The number of hydrogen-bond acceptors (Lipinski definition) is 6. The molecule has 0 bridgehead atoms. The second-order valence-corrected chi connectivity index (χ2v) is 7.97. The van der Waals surface area contributed by atoms with Crippen LogP contribution in [0.2, 0.25) is 0 Å². The van der Waals surface area contributed by atoms with Crippen molar-refractivity contribution < 1.29 is 29.1 Å². The van der Waals surface area contributed by atoms with Gasteiger partial charge in [-0.1, -0.05) is 0 Å². The Morgan fingerprint density at radius 3 is 1.45 bits per heavy atom. The fourth-order valence-corrected chi connectivity index (χ4v) is 2.62. The van der Waals surface area contributed by atoms with Gasteiger partial charge in [-0.15, -0.1) is 8.58 Å². The van der Waals surface area contributed by atoms with Gasteiger partial charge >= 0.3 is 5.97 Å². The number of rotatable bonds is 12. The van der Waals surface area contributed by atoms with Crippen LogP contribution in [-0.2, 0) is 24.0 Å². The molecule has 0 aliphatic carbocycles. The molecule has 0 aromatic carbocycles. The molecule has 7 N–H and O–H groups in total. The molecule has 166 valence electrons. The maximum absolute atomic E-state index is 12.2. The number of nitrogens with two attached hydrogens (primary N) is 1. The minimum atomic E-state index is -1.21. The van der Waals surface area contributed by atoms with Gasteiger partial charge in [-0.25, -0.2) is 0 Å². The molecule has 29 heavy (non-hydrogen) atoms. The molecule has 0 aromatic rings. The highest BCUT2D eigenvalue weighted by Crippen LogP contribution is 2.05. The van der Waals surface area contributed by atoms with Crippen LogP contribution in [-0.4, -0.2) is 77.7 Å². The Morgan fingerprint density at radius 1 is 0.759 bits per heavy atom. The van der Waals surface area contributed by atoms with Crippen LogP contribution in [0.4, 0.5) is 0 Å². The van der Waals surface area contributed by atoms with E-state index in [0.717, 1.165) is 6.16 Å². The van der Waals surface area contributed by atoms with Gasteiger partial charge in [0, 0.05) is 0 Å². The lowest BCUT2D eigenvalue weighted by Crippen LogP contribution is -2.56. The molecule has 6 atom stereocenters. The summed E-state index contributed by atoms with van der Waals surface area (Å²) in [5, 5.41) is 18.3. The van der Waals surface area contributed by atoms with Crippen LogP contribution < -0.4 is 27.0 Å². The maximum Gasteiger partial charge on any atom is 0.325 e. The summed E-state index contributed by atoms with van der Waals surface area (Å²) in [6.45, 7) is 7.57. The summed E-state index contributed by atoms with van der Waals surface area (Å²) in [7, 11) is 0.679. The van der Waals surface area contributed by atoms with Gasteiger partial charge in [0.05, 0.1) is 6.04 Å². The molecule has 12 heteroatoms. The van der Waals surface area contributed by atoms with Gasteiger partial charge in [-0.3, -0.25) is 24.0 Å². The Labute approximate surface area is 172 Å². The topological polar surface area (TPSA) is 180 Å². The van der Waals surface area contributed by atoms with Crippen LogP contribution in [0.15, 0.2) is 0 Å². The third-order valence-corrected chi connectivity index (χ3v) is 4.82. The highest BCUT2D eigenvalue weighted by Gasteiger charge is 2.25. The van der Waals surface area contributed by atoms with Gasteiger partial charge in [0.1, 0.15) is 24.2 Å². The number of carboxylic acid groups (broad SMARTS) is 1. The maximum atomic E-state index is 12.2. The molecule has 0 radical (unpaired) electrons. The van der Waals surface area contributed by atoms with Crippen molar-refractivity contribution in [2.45, 2.75) is 64.3 Å². The van der Waals surface area contributed by atoms with Crippen LogP contribution in [0, 0.1) is 0 Å². The Kier molecular flexibility index (Phi) is 12.0. The first-order valence-corrected chi connectivity index (χ1v) is 11.0. The molecule has 0 spiro atoms. The number of carbonyl (C=O) groups excluding carboxylic acids is 4. The van der Waals surface area contributed by atoms with E-state index < -0.39 is 59.8 Å². The quantitative estimate of drug-likeness (QED) is 0.195. The van der Waals surface area contributed by atoms with Crippen molar-refractivity contribution in [2.75, 3.05) is 12.8 Å². The standard InChI is InChI=1S/C17H32N5O6P/c1-8(13(23)20-9(2)15(25)22-11(4)17(27)28)19-14(24)10(3)21-16(26)12(18)6-7-29-5/h8-12,29H,6-7,18H2,1-5H3,(H,19,24)(H,20,23)(H,21,26)(H,22,25)(H,27,28)/t8-,9-,10-,11-,12?/m0/s1. The lowest BCUT2D eigenvalue weighted by atomic mass is 10.2. The third-order valence-electron chi connectivity index (χ3n) is 4.03. The average molecular weight is 433 g/mol. The van der Waals surface area contributed by atoms with E-state index in [0.29, 0.717) is 15.0 Å². The van der Waals surface area contributed by atoms with Crippen molar-refractivity contribution in [2.24, 2.45) is 5.73 Å². The van der Waals surface area contributed by atoms with Crippen molar-refractivity contribution in [1.29, 1.82) is 0 Å². The molecule has 0 heterocycles. The number of nitrogens with one attached hydrogen (secondary N) is 4. The smallest absolute Gasteiger partial charge is 0.325 e. The van der Waals surface area contributed by atoms with Gasteiger partial charge in [0.2, 0.25) is 23.6 Å². The van der Waals surface area contributed by atoms with E-state index in [2.05, 4.69) is 21.3 Å². The molecule has 0 saturated heterocycles. The van der Waals surface area contributed by atoms with Gasteiger partial charge < -0.3 is 32.1 Å². The fraction of sp³-hybridized carbons (Fsp3) is 0.706. The van der Waals surface area contributed by atoms with Crippen molar-refractivity contribution >= 4 is 38.2 Å². The molecule has 0 saturated carbocycles. The molecule has 0 aromatic heterocycles. The van der Waals surface area contributed by atoms with Crippen molar-refractivity contribution in [3.63, 3.8) is 0 Å². The Balaban J connectivity index is 4.54. The second-order valence-electron chi connectivity index (χ2n) is 6.76. The first-order valence-electron chi connectivity index (χ1n) is 9.25. The number of carbonyl (C=O) groups is 5. The van der Waals surface area contributed by atoms with E-state index in [9.17, 15) is 24.0 Å². The molecule has 11 nitrogen and oxygen atoms in total. The van der Waals surface area contributed by atoms with Crippen LogP contribution in [0.5, 0.6) is 0 Å². The minimum absolute atomic E-state index is 0.444. The molecule has 0 rings (SSSR count). The minimum Gasteiger partial charge on any atom is -0.480 e.